The van der Waals surface area contributed by atoms with Crippen molar-refractivity contribution in [2.45, 2.75) is 26.7 Å². The molecule has 4 nitrogen and oxygen atoms in total. The Kier molecular flexibility index (Phi) is 5.71. The Labute approximate surface area is 149 Å². The van der Waals surface area contributed by atoms with E-state index in [-0.39, 0.29) is 6.03 Å². The highest BCUT2D eigenvalue weighted by atomic mass is 16.5. The van der Waals surface area contributed by atoms with Gasteiger partial charge in [-0.05, 0) is 53.1 Å². The van der Waals surface area contributed by atoms with Gasteiger partial charge >= 0.3 is 6.03 Å². The Bertz CT molecular complexity index is 740. The average Bonchev–Trinajstić information content (AvgIpc) is 2.95. The van der Waals surface area contributed by atoms with Crippen molar-refractivity contribution in [3.05, 3.63) is 53.6 Å². The van der Waals surface area contributed by atoms with Crippen molar-refractivity contribution in [2.24, 2.45) is 5.92 Å². The molecule has 1 aliphatic rings. The molecule has 0 saturated heterocycles. The van der Waals surface area contributed by atoms with Crippen molar-refractivity contribution < 1.29 is 9.53 Å². The highest BCUT2D eigenvalue weighted by Gasteiger charge is 2.18. The molecule has 25 heavy (non-hydrogen) atoms. The van der Waals surface area contributed by atoms with Crippen LogP contribution in [0.3, 0.4) is 0 Å². The molecule has 2 aromatic rings. The largest absolute Gasteiger partial charge is 0.381 e. The molecule has 0 aliphatic heterocycles. The lowest BCUT2D eigenvalue weighted by atomic mass is 10.1. The van der Waals surface area contributed by atoms with Crippen LogP contribution in [-0.4, -0.2) is 25.8 Å². The third-order valence-corrected chi connectivity index (χ3v) is 4.25. The Morgan fingerprint density at radius 1 is 1.12 bits per heavy atom. The van der Waals surface area contributed by atoms with Crippen LogP contribution in [0.2, 0.25) is 0 Å². The van der Waals surface area contributed by atoms with Gasteiger partial charge in [0.2, 0.25) is 0 Å². The van der Waals surface area contributed by atoms with E-state index in [1.165, 1.54) is 22.3 Å². The lowest BCUT2D eigenvalue weighted by molar-refractivity contribution is 0.108. The number of rotatable bonds is 7. The third kappa shape index (κ3) is 4.60. The number of hydrogen-bond acceptors (Lipinski definition) is 2. The van der Waals surface area contributed by atoms with E-state index in [0.29, 0.717) is 19.1 Å². The molecule has 0 atom stereocenters. The zero-order chi connectivity index (χ0) is 17.6. The van der Waals surface area contributed by atoms with E-state index >= 15 is 0 Å². The number of fused-ring (bicyclic) bond motifs is 3. The predicted octanol–water partition coefficient (Wildman–Crippen LogP) is 4.44. The van der Waals surface area contributed by atoms with Gasteiger partial charge in [0.05, 0.1) is 0 Å². The smallest absolute Gasteiger partial charge is 0.319 e. The maximum atomic E-state index is 12.0. The first-order valence-corrected chi connectivity index (χ1v) is 8.97. The second-order valence-electron chi connectivity index (χ2n) is 6.91. The van der Waals surface area contributed by atoms with Crippen LogP contribution in [0.4, 0.5) is 10.5 Å². The maximum Gasteiger partial charge on any atom is 0.319 e. The molecule has 0 unspecified atom stereocenters. The molecule has 3 rings (SSSR count). The van der Waals surface area contributed by atoms with E-state index in [1.54, 1.807) is 0 Å². The first kappa shape index (κ1) is 17.5. The molecule has 2 N–H and O–H groups in total. The number of ether oxygens (including phenoxy) is 1. The van der Waals surface area contributed by atoms with Crippen LogP contribution in [0.15, 0.2) is 42.5 Å². The minimum absolute atomic E-state index is 0.167. The number of urea groups is 1. The van der Waals surface area contributed by atoms with Gasteiger partial charge in [-0.3, -0.25) is 0 Å². The summed E-state index contributed by atoms with van der Waals surface area (Å²) in [6, 6.07) is 14.4. The van der Waals surface area contributed by atoms with Gasteiger partial charge < -0.3 is 15.4 Å². The fourth-order valence-electron chi connectivity index (χ4n) is 3.09. The van der Waals surface area contributed by atoms with Crippen molar-refractivity contribution in [3.8, 4) is 11.1 Å². The molecule has 1 aliphatic carbocycles. The highest BCUT2D eigenvalue weighted by Crippen LogP contribution is 2.37. The molecule has 0 bridgehead atoms. The lowest BCUT2D eigenvalue weighted by Gasteiger charge is -2.10. The highest BCUT2D eigenvalue weighted by molar-refractivity contribution is 5.90. The number of anilines is 1. The zero-order valence-corrected chi connectivity index (χ0v) is 15.0. The third-order valence-electron chi connectivity index (χ3n) is 4.25. The molecule has 0 fully saturated rings. The van der Waals surface area contributed by atoms with Gasteiger partial charge in [0.1, 0.15) is 0 Å². The van der Waals surface area contributed by atoms with Gasteiger partial charge in [-0.25, -0.2) is 4.79 Å². The molecule has 0 aromatic heterocycles. The zero-order valence-electron chi connectivity index (χ0n) is 15.0. The molecule has 4 heteroatoms. The van der Waals surface area contributed by atoms with Gasteiger partial charge in [-0.1, -0.05) is 44.2 Å². The Balaban J connectivity index is 1.46. The van der Waals surface area contributed by atoms with Crippen LogP contribution in [0.1, 0.15) is 31.4 Å². The quantitative estimate of drug-likeness (QED) is 0.626. The number of nitrogens with one attached hydrogen (secondary N) is 2. The fraction of sp³-hybridized carbons (Fsp3) is 0.381. The predicted molar refractivity (Wildman–Crippen MR) is 102 cm³/mol. The van der Waals surface area contributed by atoms with Gasteiger partial charge in [0.15, 0.2) is 0 Å². The Morgan fingerprint density at radius 2 is 1.92 bits per heavy atom. The van der Waals surface area contributed by atoms with E-state index in [4.69, 9.17) is 4.74 Å². The molecule has 2 aromatic carbocycles. The van der Waals surface area contributed by atoms with E-state index in [2.05, 4.69) is 60.9 Å². The monoisotopic (exact) mass is 338 g/mol. The number of carbonyl (C=O) groups is 1. The van der Waals surface area contributed by atoms with Crippen LogP contribution < -0.4 is 10.6 Å². The van der Waals surface area contributed by atoms with Crippen molar-refractivity contribution in [1.82, 2.24) is 5.32 Å². The Hall–Kier alpha value is -2.33. The second-order valence-corrected chi connectivity index (χ2v) is 6.91. The molecular formula is C21H26N2O2. The van der Waals surface area contributed by atoms with E-state index in [9.17, 15) is 4.79 Å². The molecule has 0 radical (unpaired) electrons. The van der Waals surface area contributed by atoms with Crippen molar-refractivity contribution >= 4 is 11.7 Å². The maximum absolute atomic E-state index is 12.0. The summed E-state index contributed by atoms with van der Waals surface area (Å²) in [4.78, 5) is 12.0. The van der Waals surface area contributed by atoms with Crippen molar-refractivity contribution in [2.75, 3.05) is 25.1 Å². The van der Waals surface area contributed by atoms with Crippen LogP contribution in [0.25, 0.3) is 11.1 Å². The minimum atomic E-state index is -0.167. The first-order valence-electron chi connectivity index (χ1n) is 8.97. The summed E-state index contributed by atoms with van der Waals surface area (Å²) in [6.45, 7) is 6.31. The molecule has 0 heterocycles. The summed E-state index contributed by atoms with van der Waals surface area (Å²) in [6.07, 6.45) is 1.75. The van der Waals surface area contributed by atoms with Gasteiger partial charge in [0.25, 0.3) is 0 Å². The normalized spacial score (nSPS) is 12.0. The lowest BCUT2D eigenvalue weighted by Crippen LogP contribution is -2.30. The minimum Gasteiger partial charge on any atom is -0.381 e. The topological polar surface area (TPSA) is 50.4 Å². The number of benzene rings is 2. The first-order chi connectivity index (χ1) is 12.1. The SMILES string of the molecule is CC(C)COCCCNC(=O)Nc1ccc2c(c1)Cc1ccccc1-2. The molecular weight excluding hydrogens is 312 g/mol. The van der Waals surface area contributed by atoms with Crippen molar-refractivity contribution in [3.63, 3.8) is 0 Å². The fourth-order valence-corrected chi connectivity index (χ4v) is 3.09. The molecule has 132 valence electrons. The van der Waals surface area contributed by atoms with Crippen LogP contribution in [-0.2, 0) is 11.2 Å². The summed E-state index contributed by atoms with van der Waals surface area (Å²) in [5.74, 6) is 0.544. The molecule has 0 saturated carbocycles. The summed E-state index contributed by atoms with van der Waals surface area (Å²) < 4.78 is 5.50. The van der Waals surface area contributed by atoms with Gasteiger partial charge in [0, 0.05) is 25.4 Å². The standard InChI is InChI=1S/C21H26N2O2/c1-15(2)14-25-11-5-10-22-21(24)23-18-8-9-20-17(13-18)12-16-6-3-4-7-19(16)20/h3-4,6-9,13,15H,5,10-12,14H2,1-2H3,(H2,22,23,24). The Morgan fingerprint density at radius 3 is 2.76 bits per heavy atom. The van der Waals surface area contributed by atoms with Crippen LogP contribution in [0, 0.1) is 5.92 Å². The molecule has 0 spiro atoms. The molecule has 2 amide bonds. The summed E-state index contributed by atoms with van der Waals surface area (Å²) in [7, 11) is 0. The van der Waals surface area contributed by atoms with E-state index in [1.807, 2.05) is 6.07 Å². The summed E-state index contributed by atoms with van der Waals surface area (Å²) in [5.41, 5.74) is 6.01. The summed E-state index contributed by atoms with van der Waals surface area (Å²) in [5, 5.41) is 5.79. The van der Waals surface area contributed by atoms with Gasteiger partial charge in [-0.2, -0.15) is 0 Å². The van der Waals surface area contributed by atoms with E-state index < -0.39 is 0 Å². The van der Waals surface area contributed by atoms with Crippen LogP contribution >= 0.6 is 0 Å². The number of hydrogen-bond donors (Lipinski definition) is 2. The second kappa shape index (κ2) is 8.17. The number of carbonyl (C=O) groups excluding carboxylic acids is 1. The average molecular weight is 338 g/mol. The number of amides is 2. The summed E-state index contributed by atoms with van der Waals surface area (Å²) >= 11 is 0. The van der Waals surface area contributed by atoms with Crippen LogP contribution in [0.5, 0.6) is 0 Å². The van der Waals surface area contributed by atoms with Crippen molar-refractivity contribution in [1.29, 1.82) is 0 Å². The van der Waals surface area contributed by atoms with E-state index in [0.717, 1.165) is 25.1 Å². The van der Waals surface area contributed by atoms with Gasteiger partial charge in [-0.15, -0.1) is 0 Å².